The lowest BCUT2D eigenvalue weighted by Crippen LogP contribution is -2.39. The number of piperidine rings is 3. The zero-order valence-electron chi connectivity index (χ0n) is 51.8. The number of fused-ring (bicyclic) bond motifs is 3. The van der Waals surface area contributed by atoms with Crippen LogP contribution in [0.4, 0.5) is 70.7 Å². The number of carbonyl (C=O) groups is 3. The van der Waals surface area contributed by atoms with E-state index in [9.17, 15) is 80.2 Å². The first-order valence-corrected chi connectivity index (χ1v) is 30.3. The van der Waals surface area contributed by atoms with Gasteiger partial charge in [-0.3, -0.25) is 24.9 Å². The van der Waals surface area contributed by atoms with Gasteiger partial charge in [-0.15, -0.1) is 12.4 Å². The third-order valence-electron chi connectivity index (χ3n) is 16.8. The van der Waals surface area contributed by atoms with Crippen LogP contribution in [0.3, 0.4) is 0 Å². The number of benzene rings is 3. The summed E-state index contributed by atoms with van der Waals surface area (Å²) in [7, 11) is 0. The molecule has 0 bridgehead atoms. The molecule has 6 aromatic rings. The first-order chi connectivity index (χ1) is 44.8. The van der Waals surface area contributed by atoms with Crippen molar-refractivity contribution in [1.82, 2.24) is 61.2 Å². The van der Waals surface area contributed by atoms with E-state index in [2.05, 4.69) is 46.5 Å². The minimum Gasteiger partial charge on any atom is -0.444 e. The van der Waals surface area contributed by atoms with Crippen LogP contribution in [0, 0.1) is 34.9 Å². The summed E-state index contributed by atoms with van der Waals surface area (Å²) in [5.74, 6) is -10.2. The first kappa shape index (κ1) is 75.4. The molecule has 6 N–H and O–H groups in total. The molecule has 96 heavy (non-hydrogen) atoms. The van der Waals surface area contributed by atoms with Crippen molar-refractivity contribution in [3.05, 3.63) is 156 Å². The summed E-state index contributed by atoms with van der Waals surface area (Å²) in [6.07, 6.45) is -8.93. The van der Waals surface area contributed by atoms with Crippen molar-refractivity contribution in [2.45, 2.75) is 140 Å². The third kappa shape index (κ3) is 18.8. The molecule has 0 aliphatic carbocycles. The number of aromatic amines is 3. The summed E-state index contributed by atoms with van der Waals surface area (Å²) in [5, 5.41) is 30.2. The smallest absolute Gasteiger partial charge is 0.419 e. The van der Waals surface area contributed by atoms with Crippen LogP contribution < -0.4 is 16.0 Å². The second-order valence-electron chi connectivity index (χ2n) is 24.2. The molecule has 0 radical (unpaired) electrons. The predicted molar refractivity (Wildman–Crippen MR) is 316 cm³/mol. The van der Waals surface area contributed by atoms with Crippen molar-refractivity contribution >= 4 is 36.5 Å². The highest BCUT2D eigenvalue weighted by molar-refractivity contribution is 5.94. The summed E-state index contributed by atoms with van der Waals surface area (Å²) < 4.78 is 205. The van der Waals surface area contributed by atoms with Crippen LogP contribution in [0.25, 0.3) is 0 Å². The molecule has 18 nitrogen and oxygen atoms in total. The quantitative estimate of drug-likeness (QED) is 0.0887. The molecule has 0 unspecified atom stereocenters. The van der Waals surface area contributed by atoms with E-state index in [0.717, 1.165) is 84.3 Å². The van der Waals surface area contributed by atoms with E-state index in [-0.39, 0.29) is 125 Å². The molecule has 526 valence electrons. The van der Waals surface area contributed by atoms with Crippen molar-refractivity contribution in [2.75, 3.05) is 58.9 Å². The topological polar surface area (TPSA) is 226 Å². The van der Waals surface area contributed by atoms with Gasteiger partial charge < -0.3 is 35.4 Å². The SMILES string of the molecule is CC(C)(C)OC(=O)N1CCc2[nH]ncc2C1.Cl.Fc1cc(F)c(C(F)(F)F)c(C2CCNCC2)c1.O=C(c1n[nH]c2c1CNCC2)N1CCC(c2cc(F)cc(F)c2C(F)(F)F)CC1.O=C(c1n[nH]c2c1CNCC2)N1CCC(c2cc(F)cc(F)c2C(F)(F)F)CC1.O=C=O.[HH]. The Morgan fingerprint density at radius 3 is 1.25 bits per heavy atom. The molecule has 0 spiro atoms. The minimum atomic E-state index is -4.92. The second kappa shape index (κ2) is 31.9. The molecule has 9 heterocycles. The molecule has 34 heteroatoms. The summed E-state index contributed by atoms with van der Waals surface area (Å²) >= 11 is 0. The van der Waals surface area contributed by atoms with E-state index >= 15 is 0 Å². The van der Waals surface area contributed by atoms with Gasteiger partial charge in [-0.2, -0.15) is 64.4 Å². The van der Waals surface area contributed by atoms with Crippen molar-refractivity contribution in [1.29, 1.82) is 0 Å². The van der Waals surface area contributed by atoms with Crippen molar-refractivity contribution < 1.29 is 96.0 Å². The van der Waals surface area contributed by atoms with Crippen LogP contribution in [0.2, 0.25) is 0 Å². The number of rotatable bonds is 5. The third-order valence-corrected chi connectivity index (χ3v) is 16.8. The number of hydrogen-bond donors (Lipinski definition) is 6. The van der Waals surface area contributed by atoms with Crippen LogP contribution in [0.1, 0.15) is 167 Å². The zero-order valence-corrected chi connectivity index (χ0v) is 52.6. The van der Waals surface area contributed by atoms with E-state index < -0.39 is 93.5 Å². The minimum absolute atomic E-state index is 0. The maximum Gasteiger partial charge on any atom is 0.419 e. The Hall–Kier alpha value is -8.00. The van der Waals surface area contributed by atoms with E-state index in [1.165, 1.54) is 9.80 Å². The molecule has 3 fully saturated rings. The Morgan fingerprint density at radius 2 is 0.885 bits per heavy atom. The highest BCUT2D eigenvalue weighted by atomic mass is 35.5. The number of hydrogen-bond acceptors (Lipinski definition) is 12. The fraction of sp³-hybridized carbons (Fsp3) is 0.500. The summed E-state index contributed by atoms with van der Waals surface area (Å²) in [6.45, 7) is 11.4. The van der Waals surface area contributed by atoms with E-state index in [1.807, 2.05) is 20.8 Å². The van der Waals surface area contributed by atoms with Crippen LogP contribution in [0.5, 0.6) is 0 Å². The van der Waals surface area contributed by atoms with Gasteiger partial charge >= 0.3 is 30.8 Å². The van der Waals surface area contributed by atoms with Crippen LogP contribution in [-0.2, 0) is 71.8 Å². The lowest BCUT2D eigenvalue weighted by Gasteiger charge is -2.33. The molecular formula is C62H70ClF15N12O6. The van der Waals surface area contributed by atoms with Gasteiger partial charge in [-0.05, 0) is 125 Å². The second-order valence-corrected chi connectivity index (χ2v) is 24.2. The van der Waals surface area contributed by atoms with Gasteiger partial charge in [-0.1, -0.05) is 0 Å². The predicted octanol–water partition coefficient (Wildman–Crippen LogP) is 12.0. The Morgan fingerprint density at radius 1 is 0.510 bits per heavy atom. The average molecular weight is 1400 g/mol. The van der Waals surface area contributed by atoms with Gasteiger partial charge in [-0.25, -0.2) is 31.1 Å². The van der Waals surface area contributed by atoms with Crippen LogP contribution >= 0.6 is 12.4 Å². The van der Waals surface area contributed by atoms with Gasteiger partial charge in [0.1, 0.15) is 40.5 Å². The van der Waals surface area contributed by atoms with E-state index in [1.54, 1.807) is 11.1 Å². The summed E-state index contributed by atoms with van der Waals surface area (Å²) in [5.41, 5.74) is 0.655. The highest BCUT2D eigenvalue weighted by Gasteiger charge is 2.43. The first-order valence-electron chi connectivity index (χ1n) is 30.3. The average Bonchev–Trinajstić information content (AvgIpc) is 1.69. The van der Waals surface area contributed by atoms with Crippen molar-refractivity contribution in [3.8, 4) is 0 Å². The molecule has 3 amide bonds. The molecule has 12 rings (SSSR count). The summed E-state index contributed by atoms with van der Waals surface area (Å²) in [4.78, 5) is 58.5. The number of alkyl halides is 9. The van der Waals surface area contributed by atoms with E-state index in [0.29, 0.717) is 63.5 Å². The number of ether oxygens (including phenoxy) is 1. The van der Waals surface area contributed by atoms with Gasteiger partial charge in [0.05, 0.1) is 29.4 Å². The van der Waals surface area contributed by atoms with Crippen LogP contribution in [0.15, 0.2) is 42.6 Å². The fourth-order valence-electron chi connectivity index (χ4n) is 12.4. The molecule has 0 atom stereocenters. The van der Waals surface area contributed by atoms with Crippen molar-refractivity contribution in [2.24, 2.45) is 0 Å². The number of likely N-dealkylation sites (tertiary alicyclic amines) is 2. The molecule has 0 saturated carbocycles. The normalized spacial score (nSPS) is 17.0. The van der Waals surface area contributed by atoms with Crippen molar-refractivity contribution in [3.63, 3.8) is 0 Å². The zero-order chi connectivity index (χ0) is 69.3. The number of aromatic nitrogens is 6. The molecule has 6 aliphatic rings. The van der Waals surface area contributed by atoms with Gasteiger partial charge in [0, 0.05) is 132 Å². The summed E-state index contributed by atoms with van der Waals surface area (Å²) in [6, 6.07) is 3.10. The molecule has 3 aromatic heterocycles. The monoisotopic (exact) mass is 1400 g/mol. The highest BCUT2D eigenvalue weighted by Crippen LogP contribution is 2.44. The Labute approximate surface area is 547 Å². The lowest BCUT2D eigenvalue weighted by molar-refractivity contribution is -0.191. The molecule has 3 saturated heterocycles. The van der Waals surface area contributed by atoms with Gasteiger partial charge in [0.15, 0.2) is 11.4 Å². The molecule has 6 aliphatic heterocycles. The van der Waals surface area contributed by atoms with Crippen LogP contribution in [-0.4, -0.2) is 134 Å². The maximum absolute atomic E-state index is 13.9. The number of amides is 3. The van der Waals surface area contributed by atoms with Gasteiger partial charge in [0.25, 0.3) is 11.8 Å². The number of H-pyrrole nitrogens is 3. The van der Waals surface area contributed by atoms with E-state index in [4.69, 9.17) is 14.3 Å². The number of carbonyl (C=O) groups excluding carboxylic acids is 5. The fourth-order valence-corrected chi connectivity index (χ4v) is 12.4. The number of nitrogens with zero attached hydrogens (tertiary/aromatic N) is 6. The Kier molecular flexibility index (Phi) is 25.1. The molecular weight excluding hydrogens is 1330 g/mol. The Balaban J connectivity index is 0.000000206. The lowest BCUT2D eigenvalue weighted by atomic mass is 9.85. The number of halogens is 16. The largest absolute Gasteiger partial charge is 0.444 e. The standard InChI is InChI=1S/2C19H19F5N4O.C12H12F5N.C11H17N3O2.CO2.ClH.H2/c2*20-11-7-12(16(14(21)8-11)19(22,23)24)10-2-5-28(6-3-10)18(29)17-13-9-25-4-1-15(13)26-27-17;13-8-5-9(7-1-3-18-4-2-7)11(10(14)6-8)12(15,16)17;1-11(2,3)16-10(15)14-5-4-9-8(7-14)6-12-13-9;2-1-3;;/h2*7-8,10,25H,1-6,9H2,(H,26,27);5-7,18H,1-4H2;6H,4-5,7H2,1-3H3,(H,12,13);;2*1H. The van der Waals surface area contributed by atoms with Gasteiger partial charge in [0.2, 0.25) is 0 Å². The maximum atomic E-state index is 13.9. The Bertz CT molecular complexity index is 3570. The molecule has 3 aromatic carbocycles. The number of nitrogens with one attached hydrogen (secondary N) is 6.